The number of aryl methyl sites for hydroxylation is 4. The lowest BCUT2D eigenvalue weighted by atomic mass is 10.1. The number of aromatic nitrogens is 2. The Labute approximate surface area is 166 Å². The zero-order valence-corrected chi connectivity index (χ0v) is 16.9. The van der Waals surface area contributed by atoms with Gasteiger partial charge < -0.3 is 5.32 Å². The lowest BCUT2D eigenvalue weighted by molar-refractivity contribution is -0.115. The van der Waals surface area contributed by atoms with E-state index in [1.807, 2.05) is 56.3 Å². The molecule has 1 N–H and O–H groups in total. The van der Waals surface area contributed by atoms with Gasteiger partial charge in [0.2, 0.25) is 0 Å². The number of amidine groups is 1. The minimum absolute atomic E-state index is 0.0734. The van der Waals surface area contributed by atoms with E-state index < -0.39 is 0 Å². The molecule has 142 valence electrons. The summed E-state index contributed by atoms with van der Waals surface area (Å²) < 4.78 is 3.21. The van der Waals surface area contributed by atoms with E-state index >= 15 is 0 Å². The van der Waals surface area contributed by atoms with Crippen LogP contribution in [0.5, 0.6) is 0 Å². The number of carbonyl (C=O) groups is 1. The van der Waals surface area contributed by atoms with Gasteiger partial charge in [-0.25, -0.2) is 9.79 Å². The number of carbonyl (C=O) groups excluding carboxylic acids is 1. The Morgan fingerprint density at radius 1 is 1.00 bits per heavy atom. The lowest BCUT2D eigenvalue weighted by Crippen LogP contribution is -2.19. The van der Waals surface area contributed by atoms with E-state index in [0.29, 0.717) is 10.1 Å². The van der Waals surface area contributed by atoms with E-state index in [1.165, 1.54) is 11.8 Å². The number of thioether (sulfide) groups is 1. The quantitative estimate of drug-likeness (QED) is 0.680. The third kappa shape index (κ3) is 3.18. The topological polar surface area (TPSA) is 68.4 Å². The molecule has 1 saturated heterocycles. The van der Waals surface area contributed by atoms with Crippen molar-refractivity contribution in [3.63, 3.8) is 0 Å². The van der Waals surface area contributed by atoms with Crippen LogP contribution < -0.4 is 11.0 Å². The van der Waals surface area contributed by atoms with Crippen molar-refractivity contribution in [2.45, 2.75) is 13.8 Å². The van der Waals surface area contributed by atoms with Gasteiger partial charge in [-0.3, -0.25) is 13.9 Å². The molecule has 2 heterocycles. The first-order valence-electron chi connectivity index (χ1n) is 8.86. The first-order chi connectivity index (χ1) is 13.3. The summed E-state index contributed by atoms with van der Waals surface area (Å²) in [5.74, 6) is -0.170. The highest BCUT2D eigenvalue weighted by Gasteiger charge is 2.24. The highest BCUT2D eigenvalue weighted by Crippen LogP contribution is 2.30. The van der Waals surface area contributed by atoms with Gasteiger partial charge in [-0.05, 0) is 66.6 Å². The van der Waals surface area contributed by atoms with Crippen molar-refractivity contribution >= 4 is 45.6 Å². The molecule has 0 bridgehead atoms. The molecule has 1 aliphatic rings. The molecule has 1 fully saturated rings. The number of nitrogens with zero attached hydrogens (tertiary/aromatic N) is 3. The Balaban J connectivity index is 1.67. The predicted molar refractivity (Wildman–Crippen MR) is 115 cm³/mol. The second kappa shape index (κ2) is 6.83. The van der Waals surface area contributed by atoms with Crippen LogP contribution in [0.15, 0.2) is 51.1 Å². The summed E-state index contributed by atoms with van der Waals surface area (Å²) in [5.41, 5.74) is 5.50. The molecular weight excluding hydrogens is 372 g/mol. The molecule has 0 spiro atoms. The fourth-order valence-corrected chi connectivity index (χ4v) is 4.03. The molecule has 4 rings (SSSR count). The molecule has 3 aromatic rings. The number of hydrogen-bond acceptors (Lipinski definition) is 4. The van der Waals surface area contributed by atoms with Crippen molar-refractivity contribution in [2.24, 2.45) is 19.1 Å². The standard InChI is InChI=1S/C21H20N4O2S/c1-12-5-6-13(2)15(9-12)22-20-23-19(26)18(28-20)11-14-7-8-16-17(10-14)25(4)21(27)24(16)3/h5-11H,1-4H3,(H,22,23,26)/b18-11-. The SMILES string of the molecule is Cc1ccc(C)c(N=C2NC(=O)/C(=C/c3ccc4c(c3)n(C)c(=O)n4C)S2)c1. The van der Waals surface area contributed by atoms with Crippen LogP contribution in [0.4, 0.5) is 5.69 Å². The third-order valence-electron chi connectivity index (χ3n) is 4.83. The number of benzene rings is 2. The first kappa shape index (κ1) is 18.3. The normalized spacial score (nSPS) is 17.1. The molecule has 0 saturated carbocycles. The molecule has 6 nitrogen and oxygen atoms in total. The average molecular weight is 392 g/mol. The summed E-state index contributed by atoms with van der Waals surface area (Å²) in [6.07, 6.45) is 1.82. The lowest BCUT2D eigenvalue weighted by Gasteiger charge is -2.02. The van der Waals surface area contributed by atoms with E-state index in [1.54, 1.807) is 23.2 Å². The van der Waals surface area contributed by atoms with Gasteiger partial charge >= 0.3 is 5.69 Å². The molecule has 0 atom stereocenters. The fraction of sp³-hybridized carbons (Fsp3) is 0.190. The van der Waals surface area contributed by atoms with Gasteiger partial charge in [0.1, 0.15) is 0 Å². The van der Waals surface area contributed by atoms with Gasteiger partial charge in [0.15, 0.2) is 5.17 Å². The average Bonchev–Trinajstić information content (AvgIpc) is 3.11. The third-order valence-corrected chi connectivity index (χ3v) is 5.74. The summed E-state index contributed by atoms with van der Waals surface area (Å²) in [5, 5.41) is 3.40. The van der Waals surface area contributed by atoms with Crippen LogP contribution in [-0.2, 0) is 18.9 Å². The molecule has 0 unspecified atom stereocenters. The van der Waals surface area contributed by atoms with Crippen LogP contribution in [0.3, 0.4) is 0 Å². The maximum Gasteiger partial charge on any atom is 0.328 e. The van der Waals surface area contributed by atoms with E-state index in [4.69, 9.17) is 0 Å². The number of nitrogens with one attached hydrogen (secondary N) is 1. The molecule has 1 amide bonds. The van der Waals surface area contributed by atoms with Crippen molar-refractivity contribution < 1.29 is 4.79 Å². The van der Waals surface area contributed by atoms with Crippen LogP contribution in [0.25, 0.3) is 17.1 Å². The van der Waals surface area contributed by atoms with Crippen molar-refractivity contribution in [3.05, 3.63) is 68.5 Å². The van der Waals surface area contributed by atoms with Gasteiger partial charge in [0, 0.05) is 14.1 Å². The molecule has 0 radical (unpaired) electrons. The number of aliphatic imine (C=N–C) groups is 1. The molecule has 1 aliphatic heterocycles. The van der Waals surface area contributed by atoms with Crippen LogP contribution >= 0.6 is 11.8 Å². The second-order valence-corrected chi connectivity index (χ2v) is 7.95. The largest absolute Gasteiger partial charge is 0.328 e. The van der Waals surface area contributed by atoms with Crippen LogP contribution in [0.1, 0.15) is 16.7 Å². The number of rotatable bonds is 2. The number of amides is 1. The number of imidazole rings is 1. The minimum Gasteiger partial charge on any atom is -0.300 e. The van der Waals surface area contributed by atoms with Crippen LogP contribution in [0, 0.1) is 13.8 Å². The number of hydrogen-bond donors (Lipinski definition) is 1. The Hall–Kier alpha value is -3.06. The Morgan fingerprint density at radius 3 is 2.54 bits per heavy atom. The van der Waals surface area contributed by atoms with Crippen molar-refractivity contribution in [3.8, 4) is 0 Å². The summed E-state index contributed by atoms with van der Waals surface area (Å²) in [6.45, 7) is 4.01. The zero-order chi connectivity index (χ0) is 20.0. The molecule has 0 aliphatic carbocycles. The van der Waals surface area contributed by atoms with Gasteiger partial charge in [-0.15, -0.1) is 0 Å². The Kier molecular flexibility index (Phi) is 4.47. The molecule has 1 aromatic heterocycles. The van der Waals surface area contributed by atoms with Gasteiger partial charge in [0.05, 0.1) is 21.6 Å². The van der Waals surface area contributed by atoms with Crippen molar-refractivity contribution in [1.29, 1.82) is 0 Å². The van der Waals surface area contributed by atoms with Crippen LogP contribution in [0.2, 0.25) is 0 Å². The van der Waals surface area contributed by atoms with Crippen molar-refractivity contribution in [2.75, 3.05) is 0 Å². The summed E-state index contributed by atoms with van der Waals surface area (Å²) in [4.78, 5) is 29.6. The summed E-state index contributed by atoms with van der Waals surface area (Å²) in [7, 11) is 3.49. The van der Waals surface area contributed by atoms with Crippen LogP contribution in [-0.4, -0.2) is 20.2 Å². The van der Waals surface area contributed by atoms with Crippen molar-refractivity contribution in [1.82, 2.24) is 14.5 Å². The molecular formula is C21H20N4O2S. The molecule has 7 heteroatoms. The first-order valence-corrected chi connectivity index (χ1v) is 9.67. The minimum atomic E-state index is -0.170. The number of fused-ring (bicyclic) bond motifs is 1. The highest BCUT2D eigenvalue weighted by atomic mass is 32.2. The predicted octanol–water partition coefficient (Wildman–Crippen LogP) is 3.39. The highest BCUT2D eigenvalue weighted by molar-refractivity contribution is 8.18. The van der Waals surface area contributed by atoms with Gasteiger partial charge in [-0.2, -0.15) is 0 Å². The van der Waals surface area contributed by atoms with Gasteiger partial charge in [0.25, 0.3) is 5.91 Å². The van der Waals surface area contributed by atoms with E-state index in [9.17, 15) is 9.59 Å². The smallest absolute Gasteiger partial charge is 0.300 e. The maximum absolute atomic E-state index is 12.4. The summed E-state index contributed by atoms with van der Waals surface area (Å²) in [6, 6.07) is 11.8. The van der Waals surface area contributed by atoms with E-state index in [-0.39, 0.29) is 11.6 Å². The Bertz CT molecular complexity index is 1250. The summed E-state index contributed by atoms with van der Waals surface area (Å²) >= 11 is 1.32. The zero-order valence-electron chi connectivity index (χ0n) is 16.1. The molecule has 2 aromatic carbocycles. The van der Waals surface area contributed by atoms with E-state index in [0.717, 1.165) is 33.4 Å². The molecule has 28 heavy (non-hydrogen) atoms. The Morgan fingerprint density at radius 2 is 1.75 bits per heavy atom. The monoisotopic (exact) mass is 392 g/mol. The van der Waals surface area contributed by atoms with Gasteiger partial charge in [-0.1, -0.05) is 18.2 Å². The maximum atomic E-state index is 12.4. The van der Waals surface area contributed by atoms with E-state index in [2.05, 4.69) is 10.3 Å². The fourth-order valence-electron chi connectivity index (χ4n) is 3.19. The second-order valence-electron chi connectivity index (χ2n) is 6.92.